The molecule has 0 saturated carbocycles. The van der Waals surface area contributed by atoms with Crippen LogP contribution < -0.4 is 14.6 Å². The molecule has 1 atom stereocenters. The van der Waals surface area contributed by atoms with Crippen molar-refractivity contribution in [1.82, 2.24) is 4.90 Å². The van der Waals surface area contributed by atoms with Crippen molar-refractivity contribution < 1.29 is 14.3 Å². The lowest BCUT2D eigenvalue weighted by Crippen LogP contribution is -2.50. The molecule has 208 valence electrons. The van der Waals surface area contributed by atoms with Crippen LogP contribution in [0.4, 0.5) is 16.2 Å². The fraction of sp³-hybridized carbons (Fsp3) is 0.333. The maximum absolute atomic E-state index is 12.6. The number of ether oxygens (including phenoxy) is 2. The van der Waals surface area contributed by atoms with E-state index in [2.05, 4.69) is 29.3 Å². The summed E-state index contributed by atoms with van der Waals surface area (Å²) >= 11 is 0. The van der Waals surface area contributed by atoms with Gasteiger partial charge in [0.25, 0.3) is 0 Å². The predicted molar refractivity (Wildman–Crippen MR) is 161 cm³/mol. The average Bonchev–Trinajstić information content (AvgIpc) is 3.20. The van der Waals surface area contributed by atoms with Crippen LogP contribution in [0.25, 0.3) is 0 Å². The molecule has 2 fully saturated rings. The maximum atomic E-state index is 12.6. The first-order valence-electron chi connectivity index (χ1n) is 14.0. The summed E-state index contributed by atoms with van der Waals surface area (Å²) in [5.41, 5.74) is 3.86. The van der Waals surface area contributed by atoms with Crippen molar-refractivity contribution in [3.63, 3.8) is 0 Å². The van der Waals surface area contributed by atoms with Crippen molar-refractivity contribution in [2.75, 3.05) is 49.8 Å². The summed E-state index contributed by atoms with van der Waals surface area (Å²) in [5.74, 6) is 0.828. The second-order valence-electron chi connectivity index (χ2n) is 10.6. The van der Waals surface area contributed by atoms with E-state index < -0.39 is 0 Å². The Morgan fingerprint density at radius 2 is 1.73 bits per heavy atom. The van der Waals surface area contributed by atoms with Gasteiger partial charge in [-0.15, -0.1) is 0 Å². The van der Waals surface area contributed by atoms with E-state index >= 15 is 0 Å². The van der Waals surface area contributed by atoms with Crippen LogP contribution in [0.2, 0.25) is 0 Å². The highest BCUT2D eigenvalue weighted by Gasteiger charge is 2.41. The minimum atomic E-state index is -0.243. The highest BCUT2D eigenvalue weighted by Crippen LogP contribution is 2.37. The molecule has 1 unspecified atom stereocenters. The molecule has 0 radical (unpaired) electrons. The van der Waals surface area contributed by atoms with Crippen molar-refractivity contribution in [3.05, 3.63) is 103 Å². The van der Waals surface area contributed by atoms with E-state index in [4.69, 9.17) is 14.6 Å². The zero-order valence-electron chi connectivity index (χ0n) is 23.4. The first kappa shape index (κ1) is 27.5. The van der Waals surface area contributed by atoms with Gasteiger partial charge in [0.05, 0.1) is 18.5 Å². The van der Waals surface area contributed by atoms with Crippen molar-refractivity contribution in [3.8, 4) is 5.75 Å². The number of methoxy groups -OCH3 is 1. The summed E-state index contributed by atoms with van der Waals surface area (Å²) in [6.45, 7) is 6.05. The smallest absolute Gasteiger partial charge is 0.414 e. The van der Waals surface area contributed by atoms with E-state index in [1.54, 1.807) is 12.0 Å². The van der Waals surface area contributed by atoms with Crippen molar-refractivity contribution in [1.29, 1.82) is 0 Å². The zero-order valence-corrected chi connectivity index (χ0v) is 23.4. The largest absolute Gasteiger partial charge is 0.497 e. The van der Waals surface area contributed by atoms with Gasteiger partial charge in [-0.25, -0.2) is 9.80 Å². The second kappa shape index (κ2) is 12.8. The molecular formula is C33H38N4O3. The minimum Gasteiger partial charge on any atom is -0.497 e. The lowest BCUT2D eigenvalue weighted by Gasteiger charge is -2.41. The fourth-order valence-electron chi connectivity index (χ4n) is 5.44. The van der Waals surface area contributed by atoms with Gasteiger partial charge in [-0.05, 0) is 93.4 Å². The van der Waals surface area contributed by atoms with Crippen LogP contribution in [0.5, 0.6) is 5.75 Å². The van der Waals surface area contributed by atoms with Gasteiger partial charge in [0.1, 0.15) is 12.4 Å². The van der Waals surface area contributed by atoms with Gasteiger partial charge in [-0.3, -0.25) is 9.80 Å². The van der Waals surface area contributed by atoms with Crippen LogP contribution in [-0.4, -0.2) is 56.6 Å². The van der Waals surface area contributed by atoms with Gasteiger partial charge in [-0.1, -0.05) is 42.5 Å². The Morgan fingerprint density at radius 3 is 2.45 bits per heavy atom. The van der Waals surface area contributed by atoms with Gasteiger partial charge in [0.2, 0.25) is 0 Å². The molecule has 1 spiro atoms. The Bertz CT molecular complexity index is 1310. The number of cyclic esters (lactones) is 1. The first-order valence-corrected chi connectivity index (χ1v) is 14.0. The molecule has 0 bridgehead atoms. The number of carbonyl (C=O) groups is 1. The standard InChI is InChI=1S/C33H38N4O3/c1-27(28-15-17-31(39-2)18-16-28)34-37(30-13-7-4-8-14-30)23-10-22-35-21-9-19-33(20-24-35)25-36(32(38)40-26-33)29-11-5-3-6-12-29/h3-8,10-18,23H,9,19-22,24-26H2,1-2H3/b23-10+,34-27+. The van der Waals surface area contributed by atoms with Crippen LogP contribution in [0.15, 0.2) is 102 Å². The second-order valence-corrected chi connectivity index (χ2v) is 10.6. The molecule has 0 aromatic heterocycles. The van der Waals surface area contributed by atoms with Gasteiger partial charge >= 0.3 is 6.09 Å². The van der Waals surface area contributed by atoms with Gasteiger partial charge < -0.3 is 9.47 Å². The number of nitrogens with zero attached hydrogens (tertiary/aromatic N) is 4. The number of carbonyl (C=O) groups excluding carboxylic acids is 1. The summed E-state index contributed by atoms with van der Waals surface area (Å²) in [4.78, 5) is 16.8. The molecule has 7 nitrogen and oxygen atoms in total. The number of para-hydroxylation sites is 2. The van der Waals surface area contributed by atoms with Crippen molar-refractivity contribution >= 4 is 23.2 Å². The number of hydrogen-bond acceptors (Lipinski definition) is 6. The number of benzene rings is 3. The summed E-state index contributed by atoms with van der Waals surface area (Å²) in [5, 5.41) is 6.88. The quantitative estimate of drug-likeness (QED) is 0.240. The van der Waals surface area contributed by atoms with E-state index in [-0.39, 0.29) is 11.5 Å². The number of likely N-dealkylation sites (tertiary alicyclic amines) is 1. The third-order valence-corrected chi connectivity index (χ3v) is 7.82. The minimum absolute atomic E-state index is 0.0158. The van der Waals surface area contributed by atoms with Crippen LogP contribution >= 0.6 is 0 Å². The Morgan fingerprint density at radius 1 is 1.00 bits per heavy atom. The zero-order chi connectivity index (χ0) is 27.8. The topological polar surface area (TPSA) is 57.6 Å². The van der Waals surface area contributed by atoms with Crippen LogP contribution in [0.3, 0.4) is 0 Å². The summed E-state index contributed by atoms with van der Waals surface area (Å²) in [7, 11) is 1.67. The summed E-state index contributed by atoms with van der Waals surface area (Å²) < 4.78 is 11.0. The van der Waals surface area contributed by atoms with Gasteiger partial charge in [-0.2, -0.15) is 5.10 Å². The molecule has 1 amide bonds. The number of hydrazone groups is 1. The average molecular weight is 539 g/mol. The van der Waals surface area contributed by atoms with Crippen LogP contribution in [-0.2, 0) is 4.74 Å². The van der Waals surface area contributed by atoms with Gasteiger partial charge in [0.15, 0.2) is 0 Å². The molecule has 5 rings (SSSR count). The third kappa shape index (κ3) is 6.72. The summed E-state index contributed by atoms with van der Waals surface area (Å²) in [6.07, 6.45) is 7.12. The van der Waals surface area contributed by atoms with Crippen molar-refractivity contribution in [2.24, 2.45) is 10.5 Å². The van der Waals surface area contributed by atoms with E-state index in [1.165, 1.54) is 0 Å². The number of anilines is 2. The molecule has 7 heteroatoms. The Hall–Kier alpha value is -4.10. The number of hydrogen-bond donors (Lipinski definition) is 0. The molecule has 2 aliphatic heterocycles. The Balaban J connectivity index is 1.24. The molecule has 2 aliphatic rings. The molecule has 3 aromatic carbocycles. The Kier molecular flexibility index (Phi) is 8.81. The molecular weight excluding hydrogens is 500 g/mol. The van der Waals surface area contributed by atoms with Crippen LogP contribution in [0, 0.1) is 5.41 Å². The van der Waals surface area contributed by atoms with E-state index in [0.29, 0.717) is 13.2 Å². The SMILES string of the molecule is COc1ccc(/C(C)=N/N(/C=C/CN2CCCC3(CC2)COC(=O)N(c2ccccc2)C3)c2ccccc2)cc1. The molecule has 3 aromatic rings. The van der Waals surface area contributed by atoms with Crippen LogP contribution in [0.1, 0.15) is 31.7 Å². The molecule has 0 N–H and O–H groups in total. The molecule has 2 heterocycles. The molecule has 2 saturated heterocycles. The predicted octanol–water partition coefficient (Wildman–Crippen LogP) is 6.57. The molecule has 40 heavy (non-hydrogen) atoms. The Labute approximate surface area is 237 Å². The number of amides is 1. The van der Waals surface area contributed by atoms with Gasteiger partial charge in [0, 0.05) is 30.4 Å². The first-order chi connectivity index (χ1) is 19.5. The van der Waals surface area contributed by atoms with E-state index in [1.807, 2.05) is 84.7 Å². The normalized spacial score (nSPS) is 20.4. The molecule has 0 aliphatic carbocycles. The third-order valence-electron chi connectivity index (χ3n) is 7.82. The fourth-order valence-corrected chi connectivity index (χ4v) is 5.44. The van der Waals surface area contributed by atoms with E-state index in [9.17, 15) is 4.79 Å². The summed E-state index contributed by atoms with van der Waals surface area (Å²) in [6, 6.07) is 28.0. The van der Waals surface area contributed by atoms with E-state index in [0.717, 1.165) is 67.3 Å². The monoisotopic (exact) mass is 538 g/mol. The lowest BCUT2D eigenvalue weighted by atomic mass is 9.80. The maximum Gasteiger partial charge on any atom is 0.414 e. The lowest BCUT2D eigenvalue weighted by molar-refractivity contribution is 0.0537. The number of rotatable bonds is 8. The highest BCUT2D eigenvalue weighted by atomic mass is 16.6. The van der Waals surface area contributed by atoms with Crippen molar-refractivity contribution in [2.45, 2.75) is 26.2 Å². The highest BCUT2D eigenvalue weighted by molar-refractivity contribution is 5.99.